The molecule has 19 heavy (non-hydrogen) atoms. The van der Waals surface area contributed by atoms with Crippen molar-refractivity contribution < 1.29 is 4.74 Å². The van der Waals surface area contributed by atoms with Gasteiger partial charge in [0.2, 0.25) is 0 Å². The molecule has 0 spiro atoms. The van der Waals surface area contributed by atoms with E-state index in [9.17, 15) is 0 Å². The van der Waals surface area contributed by atoms with Crippen molar-refractivity contribution in [2.75, 3.05) is 6.61 Å². The lowest BCUT2D eigenvalue weighted by Crippen LogP contribution is -1.99. The summed E-state index contributed by atoms with van der Waals surface area (Å²) in [4.78, 5) is 0. The predicted octanol–water partition coefficient (Wildman–Crippen LogP) is 5.59. The molecule has 0 aliphatic heterocycles. The van der Waals surface area contributed by atoms with Crippen molar-refractivity contribution >= 4 is 27.5 Å². The highest BCUT2D eigenvalue weighted by Crippen LogP contribution is 2.25. The van der Waals surface area contributed by atoms with Crippen molar-refractivity contribution in [1.29, 1.82) is 0 Å². The molecule has 0 aromatic heterocycles. The summed E-state index contributed by atoms with van der Waals surface area (Å²) in [7, 11) is 0. The third-order valence-corrected chi connectivity index (χ3v) is 3.84. The number of ether oxygens (including phenoxy) is 1. The topological polar surface area (TPSA) is 9.23 Å². The van der Waals surface area contributed by atoms with E-state index < -0.39 is 0 Å². The molecule has 2 rings (SSSR count). The molecule has 0 heterocycles. The molecule has 0 fully saturated rings. The van der Waals surface area contributed by atoms with Gasteiger partial charge in [0.15, 0.2) is 0 Å². The van der Waals surface area contributed by atoms with Crippen LogP contribution in [0, 0.1) is 0 Å². The molecular weight excluding hydrogens is 324 g/mol. The Kier molecular flexibility index (Phi) is 5.74. The molecule has 0 radical (unpaired) electrons. The van der Waals surface area contributed by atoms with Gasteiger partial charge in [-0.1, -0.05) is 46.3 Å². The van der Waals surface area contributed by atoms with Crippen LogP contribution in [0.1, 0.15) is 23.8 Å². The van der Waals surface area contributed by atoms with Gasteiger partial charge in [-0.25, -0.2) is 0 Å². The van der Waals surface area contributed by atoms with Crippen LogP contribution in [0.25, 0.3) is 0 Å². The molecule has 3 heteroatoms. The Labute approximate surface area is 127 Å². The molecule has 0 bridgehead atoms. The van der Waals surface area contributed by atoms with Crippen LogP contribution >= 0.6 is 27.5 Å². The first-order chi connectivity index (χ1) is 9.25. The molecule has 0 saturated heterocycles. The van der Waals surface area contributed by atoms with E-state index >= 15 is 0 Å². The number of hydrogen-bond acceptors (Lipinski definition) is 1. The SMILES string of the molecule is ClC(CCCOc1ccc(Br)cc1)c1ccccc1. The fourth-order valence-corrected chi connectivity index (χ4v) is 2.38. The van der Waals surface area contributed by atoms with E-state index in [2.05, 4.69) is 28.1 Å². The first-order valence-electron chi connectivity index (χ1n) is 6.33. The number of benzene rings is 2. The van der Waals surface area contributed by atoms with Gasteiger partial charge in [0.25, 0.3) is 0 Å². The van der Waals surface area contributed by atoms with Gasteiger partial charge < -0.3 is 4.74 Å². The highest BCUT2D eigenvalue weighted by Gasteiger charge is 2.06. The number of rotatable bonds is 6. The summed E-state index contributed by atoms with van der Waals surface area (Å²) in [6.07, 6.45) is 1.86. The molecule has 0 saturated carbocycles. The average molecular weight is 340 g/mol. The minimum atomic E-state index is 0.0646. The standard InChI is InChI=1S/C16H16BrClO/c17-14-8-10-15(11-9-14)19-12-4-7-16(18)13-5-2-1-3-6-13/h1-3,5-6,8-11,16H,4,7,12H2. The van der Waals surface area contributed by atoms with E-state index in [1.54, 1.807) is 0 Å². The van der Waals surface area contributed by atoms with Gasteiger partial charge in [-0.2, -0.15) is 0 Å². The lowest BCUT2D eigenvalue weighted by molar-refractivity contribution is 0.306. The minimum Gasteiger partial charge on any atom is -0.494 e. The summed E-state index contributed by atoms with van der Waals surface area (Å²) in [6.45, 7) is 0.692. The second-order valence-corrected chi connectivity index (χ2v) is 5.77. The molecule has 2 aromatic carbocycles. The van der Waals surface area contributed by atoms with Crippen LogP contribution in [0.3, 0.4) is 0 Å². The Bertz CT molecular complexity index is 484. The van der Waals surface area contributed by atoms with E-state index in [1.807, 2.05) is 42.5 Å². The summed E-state index contributed by atoms with van der Waals surface area (Å²) in [5.41, 5.74) is 1.17. The predicted molar refractivity (Wildman–Crippen MR) is 83.9 cm³/mol. The van der Waals surface area contributed by atoms with Gasteiger partial charge >= 0.3 is 0 Å². The number of halogens is 2. The molecule has 0 amide bonds. The smallest absolute Gasteiger partial charge is 0.119 e. The largest absolute Gasteiger partial charge is 0.494 e. The molecule has 1 unspecified atom stereocenters. The van der Waals surface area contributed by atoms with Gasteiger partial charge in [-0.05, 0) is 42.7 Å². The summed E-state index contributed by atoms with van der Waals surface area (Å²) >= 11 is 9.75. The third-order valence-electron chi connectivity index (χ3n) is 2.85. The van der Waals surface area contributed by atoms with Crippen LogP contribution in [0.2, 0.25) is 0 Å². The average Bonchev–Trinajstić information content (AvgIpc) is 2.46. The van der Waals surface area contributed by atoms with E-state index in [-0.39, 0.29) is 5.38 Å². The lowest BCUT2D eigenvalue weighted by Gasteiger charge is -2.10. The fraction of sp³-hybridized carbons (Fsp3) is 0.250. The summed E-state index contributed by atoms with van der Waals surface area (Å²) in [5.74, 6) is 0.897. The molecule has 100 valence electrons. The number of hydrogen-bond donors (Lipinski definition) is 0. The minimum absolute atomic E-state index is 0.0646. The van der Waals surface area contributed by atoms with E-state index in [4.69, 9.17) is 16.3 Å². The Morgan fingerprint density at radius 3 is 2.37 bits per heavy atom. The normalized spacial score (nSPS) is 12.1. The Morgan fingerprint density at radius 1 is 1.00 bits per heavy atom. The van der Waals surface area contributed by atoms with E-state index in [1.165, 1.54) is 5.56 Å². The van der Waals surface area contributed by atoms with Crippen molar-refractivity contribution in [3.05, 3.63) is 64.6 Å². The quantitative estimate of drug-likeness (QED) is 0.492. The van der Waals surface area contributed by atoms with Crippen LogP contribution in [-0.4, -0.2) is 6.61 Å². The monoisotopic (exact) mass is 338 g/mol. The third kappa shape index (κ3) is 4.88. The molecule has 0 aliphatic carbocycles. The van der Waals surface area contributed by atoms with Crippen LogP contribution in [0.15, 0.2) is 59.1 Å². The first-order valence-corrected chi connectivity index (χ1v) is 7.56. The van der Waals surface area contributed by atoms with Crippen LogP contribution < -0.4 is 4.74 Å². The Morgan fingerprint density at radius 2 is 1.68 bits per heavy atom. The summed E-state index contributed by atoms with van der Waals surface area (Å²) in [6, 6.07) is 18.0. The molecule has 0 N–H and O–H groups in total. The Hall–Kier alpha value is -0.990. The molecule has 2 aromatic rings. The fourth-order valence-electron chi connectivity index (χ4n) is 1.81. The lowest BCUT2D eigenvalue weighted by atomic mass is 10.1. The van der Waals surface area contributed by atoms with Crippen LogP contribution in [-0.2, 0) is 0 Å². The first kappa shape index (κ1) is 14.4. The van der Waals surface area contributed by atoms with E-state index in [0.717, 1.165) is 23.1 Å². The highest BCUT2D eigenvalue weighted by molar-refractivity contribution is 9.10. The van der Waals surface area contributed by atoms with Gasteiger partial charge in [-0.3, -0.25) is 0 Å². The summed E-state index contributed by atoms with van der Waals surface area (Å²) in [5, 5.41) is 0.0646. The molecule has 1 nitrogen and oxygen atoms in total. The van der Waals surface area contributed by atoms with Crippen molar-refractivity contribution in [2.24, 2.45) is 0 Å². The van der Waals surface area contributed by atoms with Crippen molar-refractivity contribution in [3.63, 3.8) is 0 Å². The zero-order valence-corrected chi connectivity index (χ0v) is 12.9. The van der Waals surface area contributed by atoms with Gasteiger partial charge in [0.05, 0.1) is 12.0 Å². The molecule has 0 aliphatic rings. The van der Waals surface area contributed by atoms with Gasteiger partial charge in [0.1, 0.15) is 5.75 Å². The second-order valence-electron chi connectivity index (χ2n) is 4.32. The van der Waals surface area contributed by atoms with Crippen molar-refractivity contribution in [2.45, 2.75) is 18.2 Å². The maximum atomic E-state index is 6.35. The zero-order chi connectivity index (χ0) is 13.5. The van der Waals surface area contributed by atoms with Gasteiger partial charge in [0, 0.05) is 4.47 Å². The summed E-state index contributed by atoms with van der Waals surface area (Å²) < 4.78 is 6.73. The van der Waals surface area contributed by atoms with E-state index in [0.29, 0.717) is 6.61 Å². The number of alkyl halides is 1. The van der Waals surface area contributed by atoms with Crippen LogP contribution in [0.5, 0.6) is 5.75 Å². The Balaban J connectivity index is 1.71. The zero-order valence-electron chi connectivity index (χ0n) is 10.6. The maximum absolute atomic E-state index is 6.35. The molecular formula is C16H16BrClO. The highest BCUT2D eigenvalue weighted by atomic mass is 79.9. The second kappa shape index (κ2) is 7.56. The van der Waals surface area contributed by atoms with Gasteiger partial charge in [-0.15, -0.1) is 11.6 Å². The van der Waals surface area contributed by atoms with Crippen molar-refractivity contribution in [1.82, 2.24) is 0 Å². The maximum Gasteiger partial charge on any atom is 0.119 e. The van der Waals surface area contributed by atoms with Crippen LogP contribution in [0.4, 0.5) is 0 Å². The molecule has 1 atom stereocenters. The van der Waals surface area contributed by atoms with Crippen molar-refractivity contribution in [3.8, 4) is 5.75 Å².